The summed E-state index contributed by atoms with van der Waals surface area (Å²) in [6.07, 6.45) is 1.65. The van der Waals surface area contributed by atoms with Crippen molar-refractivity contribution in [3.8, 4) is 5.75 Å². The predicted molar refractivity (Wildman–Crippen MR) is 164 cm³/mol. The fourth-order valence-corrected chi connectivity index (χ4v) is 6.19. The molecule has 7 atom stereocenters. The van der Waals surface area contributed by atoms with E-state index in [-0.39, 0.29) is 23.8 Å². The lowest BCUT2D eigenvalue weighted by Gasteiger charge is -2.42. The molecule has 3 aliphatic heterocycles. The predicted octanol–water partition coefficient (Wildman–Crippen LogP) is 4.32. The van der Waals surface area contributed by atoms with Crippen molar-refractivity contribution in [2.45, 2.75) is 89.6 Å². The van der Waals surface area contributed by atoms with Crippen molar-refractivity contribution in [2.24, 2.45) is 11.8 Å². The number of esters is 1. The Bertz CT molecular complexity index is 1350. The molecule has 2 amide bonds. The van der Waals surface area contributed by atoms with Crippen LogP contribution in [0.3, 0.4) is 0 Å². The van der Waals surface area contributed by atoms with Crippen molar-refractivity contribution in [1.82, 2.24) is 5.32 Å². The maximum absolute atomic E-state index is 13.8. The van der Waals surface area contributed by atoms with Crippen LogP contribution in [0.5, 0.6) is 5.75 Å². The van der Waals surface area contributed by atoms with Gasteiger partial charge in [-0.3, -0.25) is 14.9 Å². The van der Waals surface area contributed by atoms with Crippen LogP contribution in [0.15, 0.2) is 35.9 Å². The number of ether oxygens (including phenoxy) is 5. The van der Waals surface area contributed by atoms with Gasteiger partial charge in [0.05, 0.1) is 31.2 Å². The Morgan fingerprint density at radius 1 is 1.25 bits per heavy atom. The number of fused-ring (bicyclic) bond motifs is 5. The highest BCUT2D eigenvalue weighted by Crippen LogP contribution is 2.49. The van der Waals surface area contributed by atoms with Crippen LogP contribution >= 0.6 is 11.6 Å². The van der Waals surface area contributed by atoms with E-state index in [1.165, 1.54) is 19.1 Å². The zero-order valence-corrected chi connectivity index (χ0v) is 27.3. The van der Waals surface area contributed by atoms with Crippen LogP contribution in [0.2, 0.25) is 5.02 Å². The van der Waals surface area contributed by atoms with Gasteiger partial charge in [-0.05, 0) is 38.0 Å². The molecule has 4 bridgehead atoms. The quantitative estimate of drug-likeness (QED) is 0.366. The Kier molecular flexibility index (Phi) is 10.0. The fourth-order valence-electron chi connectivity index (χ4n) is 5.88. The number of hydrogen-bond donors (Lipinski definition) is 2. The normalized spacial score (nSPS) is 32.8. The molecule has 1 aromatic carbocycles. The van der Waals surface area contributed by atoms with Crippen molar-refractivity contribution >= 4 is 35.3 Å². The summed E-state index contributed by atoms with van der Waals surface area (Å²) in [5.74, 6) is -1.30. The van der Waals surface area contributed by atoms with Gasteiger partial charge in [-0.1, -0.05) is 56.2 Å². The average Bonchev–Trinajstić information content (AvgIpc) is 3.66. The van der Waals surface area contributed by atoms with Crippen molar-refractivity contribution in [2.75, 3.05) is 26.2 Å². The van der Waals surface area contributed by atoms with Gasteiger partial charge >= 0.3 is 12.1 Å². The zero-order valence-electron chi connectivity index (χ0n) is 26.5. The number of halogens is 1. The van der Waals surface area contributed by atoms with Crippen LogP contribution in [0.1, 0.15) is 53.0 Å². The van der Waals surface area contributed by atoms with E-state index in [1.807, 2.05) is 32.1 Å². The molecule has 2 fully saturated rings. The van der Waals surface area contributed by atoms with Gasteiger partial charge in [0.1, 0.15) is 34.7 Å². The molecule has 0 aliphatic carbocycles. The van der Waals surface area contributed by atoms with Gasteiger partial charge < -0.3 is 33.7 Å². The molecule has 0 unspecified atom stereocenters. The van der Waals surface area contributed by atoms with Gasteiger partial charge in [0.25, 0.3) is 0 Å². The third-order valence-electron chi connectivity index (χ3n) is 8.68. The lowest BCUT2D eigenvalue weighted by atomic mass is 9.83. The summed E-state index contributed by atoms with van der Waals surface area (Å²) in [4.78, 5) is 40.7. The van der Waals surface area contributed by atoms with Gasteiger partial charge in [-0.25, -0.2) is 4.79 Å². The van der Waals surface area contributed by atoms with E-state index in [1.54, 1.807) is 40.0 Å². The Morgan fingerprint density at radius 2 is 1.95 bits per heavy atom. The lowest BCUT2D eigenvalue weighted by molar-refractivity contribution is -0.157. The molecule has 3 heterocycles. The van der Waals surface area contributed by atoms with Gasteiger partial charge in [0.2, 0.25) is 5.91 Å². The number of amides is 2. The smallest absolute Gasteiger partial charge is 0.409 e. The lowest BCUT2D eigenvalue weighted by Crippen LogP contribution is -2.63. The molecule has 11 nitrogen and oxygen atoms in total. The molecular formula is C32H43ClN2O9. The molecule has 2 saturated heterocycles. The molecule has 3 aliphatic rings. The van der Waals surface area contributed by atoms with Crippen molar-refractivity contribution < 1.29 is 43.2 Å². The van der Waals surface area contributed by atoms with E-state index < -0.39 is 59.6 Å². The summed E-state index contributed by atoms with van der Waals surface area (Å²) >= 11 is 6.68. The number of benzene rings is 1. The number of alkyl carbamates (subject to hydrolysis) is 1. The number of anilines is 1. The number of rotatable bonds is 4. The van der Waals surface area contributed by atoms with Gasteiger partial charge in [0.15, 0.2) is 5.72 Å². The number of epoxide rings is 1. The number of nitrogens with zero attached hydrogens (tertiary/aromatic N) is 1. The van der Waals surface area contributed by atoms with Crippen LogP contribution in [-0.2, 0) is 35.0 Å². The number of carbonyl (C=O) groups is 3. The topological polar surface area (TPSA) is 136 Å². The summed E-state index contributed by atoms with van der Waals surface area (Å²) in [6, 6.07) is 3.63. The SMILES string of the molecule is COc1cc2cc(c1Cl)N(C)C(=O)C[C@H](OC(=O)C(C)C)[C@@]1(C)O[C@@H]1[C@H](C)[C@@H]1C[C@@](O)(NC(=O)O1)[C@H](OC)C=CC=C(C)C2. The Balaban J connectivity index is 1.80. The largest absolute Gasteiger partial charge is 0.495 e. The molecule has 0 radical (unpaired) electrons. The maximum atomic E-state index is 13.8. The van der Waals surface area contributed by atoms with Gasteiger partial charge in [0, 0.05) is 26.5 Å². The minimum atomic E-state index is -1.77. The standard InChI is InChI=1S/C32H43ClN2O9/c1-17(2)29(37)43-25-15-26(36)35(6)21-13-20(14-22(40-7)27(21)33)12-18(3)10-9-11-24(41-8)32(39)16-23(42-30(38)34-32)19(4)28-31(25,5)44-28/h9-11,13-14,17,19,23-25,28,39H,12,15-16H2,1-8H3,(H,34,38)/t19-,23+,24-,25+,28-,31-,32+/m1/s1. The molecule has 2 N–H and O–H groups in total. The first-order valence-electron chi connectivity index (χ1n) is 14.7. The van der Waals surface area contributed by atoms with Crippen LogP contribution in [0.25, 0.3) is 0 Å². The first-order valence-corrected chi connectivity index (χ1v) is 15.1. The van der Waals surface area contributed by atoms with Crippen LogP contribution in [-0.4, -0.2) is 80.1 Å². The summed E-state index contributed by atoms with van der Waals surface area (Å²) in [5.41, 5.74) is -0.587. The van der Waals surface area contributed by atoms with Crippen molar-refractivity contribution in [3.63, 3.8) is 0 Å². The number of nitrogens with one attached hydrogen (secondary N) is 1. The fraction of sp³-hybridized carbons (Fsp3) is 0.594. The maximum Gasteiger partial charge on any atom is 0.409 e. The van der Waals surface area contributed by atoms with E-state index in [0.717, 1.165) is 11.1 Å². The monoisotopic (exact) mass is 634 g/mol. The first-order chi connectivity index (χ1) is 20.6. The third-order valence-corrected chi connectivity index (χ3v) is 9.06. The summed E-state index contributed by atoms with van der Waals surface area (Å²) in [6.45, 7) is 8.95. The van der Waals surface area contributed by atoms with E-state index in [4.69, 9.17) is 35.3 Å². The third kappa shape index (κ3) is 6.91. The molecule has 12 heteroatoms. The van der Waals surface area contributed by atoms with E-state index in [2.05, 4.69) is 5.32 Å². The Morgan fingerprint density at radius 3 is 2.59 bits per heavy atom. The van der Waals surface area contributed by atoms with Crippen LogP contribution < -0.4 is 15.0 Å². The molecule has 4 rings (SSSR count). The second-order valence-electron chi connectivity index (χ2n) is 12.4. The second kappa shape index (κ2) is 13.1. The minimum Gasteiger partial charge on any atom is -0.495 e. The van der Waals surface area contributed by atoms with Crippen LogP contribution in [0, 0.1) is 11.8 Å². The van der Waals surface area contributed by atoms with Gasteiger partial charge in [-0.2, -0.15) is 0 Å². The Labute approximate surface area is 263 Å². The average molecular weight is 635 g/mol. The molecule has 242 valence electrons. The first kappa shape index (κ1) is 33.8. The second-order valence-corrected chi connectivity index (χ2v) is 12.8. The highest BCUT2D eigenvalue weighted by Gasteiger charge is 2.64. The highest BCUT2D eigenvalue weighted by atomic mass is 35.5. The Hall–Kier alpha value is -3.12. The number of allylic oxidation sites excluding steroid dienone is 3. The molecule has 0 saturated carbocycles. The summed E-state index contributed by atoms with van der Waals surface area (Å²) in [5, 5.41) is 14.4. The number of methoxy groups -OCH3 is 2. The highest BCUT2D eigenvalue weighted by molar-refractivity contribution is 6.35. The molecule has 1 aromatic rings. The van der Waals surface area contributed by atoms with Gasteiger partial charge in [-0.15, -0.1) is 0 Å². The number of aliphatic hydroxyl groups is 1. The molecule has 0 aromatic heterocycles. The molecular weight excluding hydrogens is 592 g/mol. The van der Waals surface area contributed by atoms with E-state index in [0.29, 0.717) is 17.9 Å². The van der Waals surface area contributed by atoms with E-state index in [9.17, 15) is 19.5 Å². The molecule has 0 spiro atoms. The number of carbonyl (C=O) groups excluding carboxylic acids is 3. The van der Waals surface area contributed by atoms with Crippen molar-refractivity contribution in [3.05, 3.63) is 46.5 Å². The van der Waals surface area contributed by atoms with E-state index >= 15 is 0 Å². The summed E-state index contributed by atoms with van der Waals surface area (Å²) in [7, 11) is 4.56. The number of hydrogen-bond acceptors (Lipinski definition) is 9. The molecule has 44 heavy (non-hydrogen) atoms. The van der Waals surface area contributed by atoms with Crippen molar-refractivity contribution in [1.29, 1.82) is 0 Å². The summed E-state index contributed by atoms with van der Waals surface area (Å²) < 4.78 is 28.8. The zero-order chi connectivity index (χ0) is 32.6. The van der Waals surface area contributed by atoms with Crippen LogP contribution in [0.4, 0.5) is 10.5 Å². The minimum absolute atomic E-state index is 0.00361.